The second-order valence-corrected chi connectivity index (χ2v) is 3.61. The van der Waals surface area contributed by atoms with Crippen LogP contribution in [-0.2, 0) is 6.42 Å². The minimum Gasteiger partial charge on any atom is -0.261 e. The lowest BCUT2D eigenvalue weighted by Crippen LogP contribution is -1.87. The molecule has 0 radical (unpaired) electrons. The van der Waals surface area contributed by atoms with Crippen molar-refractivity contribution in [2.45, 2.75) is 6.42 Å². The molecule has 0 spiro atoms. The molecule has 1 aliphatic carbocycles. The van der Waals surface area contributed by atoms with Crippen LogP contribution in [0.3, 0.4) is 0 Å². The van der Waals surface area contributed by atoms with E-state index in [-0.39, 0.29) is 0 Å². The van der Waals surface area contributed by atoms with Gasteiger partial charge in [0, 0.05) is 18.0 Å². The number of rotatable bonds is 1. The maximum Gasteiger partial charge on any atom is 0.0885 e. The largest absolute Gasteiger partial charge is 0.261 e. The van der Waals surface area contributed by atoms with Crippen LogP contribution in [-0.4, -0.2) is 9.97 Å². The summed E-state index contributed by atoms with van der Waals surface area (Å²) in [6.07, 6.45) is 10.6. The van der Waals surface area contributed by atoms with Crippen molar-refractivity contribution in [3.63, 3.8) is 0 Å². The van der Waals surface area contributed by atoms with Gasteiger partial charge in [-0.3, -0.25) is 9.97 Å². The second-order valence-electron chi connectivity index (χ2n) is 3.61. The summed E-state index contributed by atoms with van der Waals surface area (Å²) in [7, 11) is 0. The van der Waals surface area contributed by atoms with Crippen molar-refractivity contribution in [1.82, 2.24) is 9.97 Å². The summed E-state index contributed by atoms with van der Waals surface area (Å²) in [6.45, 7) is 0. The van der Waals surface area contributed by atoms with Crippen LogP contribution in [0.1, 0.15) is 11.1 Å². The van der Waals surface area contributed by atoms with Gasteiger partial charge in [0.25, 0.3) is 0 Å². The third kappa shape index (κ3) is 1.44. The average Bonchev–Trinajstić information content (AvgIpc) is 2.77. The van der Waals surface area contributed by atoms with Crippen LogP contribution in [0.4, 0.5) is 0 Å². The topological polar surface area (TPSA) is 25.8 Å². The molecule has 2 aromatic rings. The lowest BCUT2D eigenvalue weighted by molar-refractivity contribution is 1.20. The number of hydrogen-bond acceptors (Lipinski definition) is 2. The summed E-state index contributed by atoms with van der Waals surface area (Å²) in [5, 5.41) is 0. The van der Waals surface area contributed by atoms with Gasteiger partial charge in [-0.25, -0.2) is 0 Å². The fourth-order valence-electron chi connectivity index (χ4n) is 1.86. The Hall–Kier alpha value is -1.96. The molecule has 0 bridgehead atoms. The summed E-state index contributed by atoms with van der Waals surface area (Å²) < 4.78 is 0. The summed E-state index contributed by atoms with van der Waals surface area (Å²) in [5.41, 5.74) is 4.76. The van der Waals surface area contributed by atoms with Gasteiger partial charge in [0.1, 0.15) is 0 Å². The van der Waals surface area contributed by atoms with E-state index in [1.807, 2.05) is 0 Å². The predicted molar refractivity (Wildman–Crippen MR) is 60.2 cm³/mol. The van der Waals surface area contributed by atoms with Gasteiger partial charge < -0.3 is 0 Å². The van der Waals surface area contributed by atoms with Gasteiger partial charge in [0.15, 0.2) is 0 Å². The number of fused-ring (bicyclic) bond motifs is 1. The smallest absolute Gasteiger partial charge is 0.0885 e. The van der Waals surface area contributed by atoms with E-state index in [2.05, 4.69) is 40.3 Å². The Bertz CT molecular complexity index is 515. The molecule has 0 N–H and O–H groups in total. The van der Waals surface area contributed by atoms with Crippen LogP contribution in [0.25, 0.3) is 17.3 Å². The highest BCUT2D eigenvalue weighted by Crippen LogP contribution is 2.25. The Morgan fingerprint density at radius 3 is 3.00 bits per heavy atom. The molecule has 72 valence electrons. The zero-order valence-electron chi connectivity index (χ0n) is 8.22. The molecule has 2 nitrogen and oxygen atoms in total. The van der Waals surface area contributed by atoms with Crippen molar-refractivity contribution < 1.29 is 0 Å². The minimum atomic E-state index is 0.931. The molecule has 0 saturated carbocycles. The maximum atomic E-state index is 4.29. The van der Waals surface area contributed by atoms with Crippen molar-refractivity contribution in [1.29, 1.82) is 0 Å². The standard InChI is InChI=1S/C13H10N2/c1-2-10-4-5-12(8-11(10)3-1)13-9-14-6-7-15-13/h1,3-9H,2H2. The van der Waals surface area contributed by atoms with Crippen molar-refractivity contribution >= 4 is 6.08 Å². The number of hydrogen-bond donors (Lipinski definition) is 0. The molecule has 0 atom stereocenters. The van der Waals surface area contributed by atoms with Crippen LogP contribution in [0, 0.1) is 0 Å². The summed E-state index contributed by atoms with van der Waals surface area (Å²) in [5.74, 6) is 0. The molecule has 0 saturated heterocycles. The normalized spacial score (nSPS) is 12.8. The van der Waals surface area contributed by atoms with E-state index in [9.17, 15) is 0 Å². The first kappa shape index (κ1) is 8.36. The lowest BCUT2D eigenvalue weighted by Gasteiger charge is -2.03. The highest BCUT2D eigenvalue weighted by molar-refractivity contribution is 5.68. The Morgan fingerprint density at radius 1 is 1.13 bits per heavy atom. The zero-order chi connectivity index (χ0) is 10.1. The third-order valence-corrected chi connectivity index (χ3v) is 2.64. The van der Waals surface area contributed by atoms with E-state index in [4.69, 9.17) is 0 Å². The number of benzene rings is 1. The van der Waals surface area contributed by atoms with Crippen molar-refractivity contribution in [3.05, 3.63) is 54.0 Å². The van der Waals surface area contributed by atoms with E-state index in [1.165, 1.54) is 11.1 Å². The fourth-order valence-corrected chi connectivity index (χ4v) is 1.86. The van der Waals surface area contributed by atoms with E-state index < -0.39 is 0 Å². The van der Waals surface area contributed by atoms with Crippen LogP contribution in [0.5, 0.6) is 0 Å². The van der Waals surface area contributed by atoms with Gasteiger partial charge in [-0.15, -0.1) is 0 Å². The molecule has 0 fully saturated rings. The van der Waals surface area contributed by atoms with Gasteiger partial charge in [-0.05, 0) is 23.6 Å². The van der Waals surface area contributed by atoms with Crippen molar-refractivity contribution in [2.24, 2.45) is 0 Å². The molecule has 1 aliphatic rings. The molecular weight excluding hydrogens is 184 g/mol. The van der Waals surface area contributed by atoms with Crippen LogP contribution in [0.2, 0.25) is 0 Å². The average molecular weight is 194 g/mol. The van der Waals surface area contributed by atoms with E-state index in [1.54, 1.807) is 18.6 Å². The first-order chi connectivity index (χ1) is 7.43. The summed E-state index contributed by atoms with van der Waals surface area (Å²) in [6, 6.07) is 6.44. The fraction of sp³-hybridized carbons (Fsp3) is 0.0769. The minimum absolute atomic E-state index is 0.931. The molecule has 0 amide bonds. The quantitative estimate of drug-likeness (QED) is 0.697. The van der Waals surface area contributed by atoms with Gasteiger partial charge in [0.05, 0.1) is 11.9 Å². The van der Waals surface area contributed by atoms with Gasteiger partial charge in [0.2, 0.25) is 0 Å². The molecular formula is C13H10N2. The van der Waals surface area contributed by atoms with E-state index in [0.29, 0.717) is 0 Å². The number of aromatic nitrogens is 2. The Labute approximate surface area is 88.3 Å². The van der Waals surface area contributed by atoms with Crippen molar-refractivity contribution in [2.75, 3.05) is 0 Å². The van der Waals surface area contributed by atoms with Crippen molar-refractivity contribution in [3.8, 4) is 11.3 Å². The van der Waals surface area contributed by atoms with Crippen LogP contribution < -0.4 is 0 Å². The molecule has 3 rings (SSSR count). The van der Waals surface area contributed by atoms with E-state index in [0.717, 1.165) is 17.7 Å². The van der Waals surface area contributed by atoms with Crippen LogP contribution >= 0.6 is 0 Å². The second kappa shape index (κ2) is 3.31. The zero-order valence-corrected chi connectivity index (χ0v) is 8.22. The molecule has 0 unspecified atom stereocenters. The maximum absolute atomic E-state index is 4.29. The first-order valence-electron chi connectivity index (χ1n) is 4.99. The molecule has 15 heavy (non-hydrogen) atoms. The van der Waals surface area contributed by atoms with Crippen LogP contribution in [0.15, 0.2) is 42.9 Å². The first-order valence-corrected chi connectivity index (χ1v) is 4.99. The molecule has 2 heteroatoms. The lowest BCUT2D eigenvalue weighted by atomic mass is 10.0. The summed E-state index contributed by atoms with van der Waals surface area (Å²) in [4.78, 5) is 8.36. The highest BCUT2D eigenvalue weighted by atomic mass is 14.8. The van der Waals surface area contributed by atoms with Gasteiger partial charge in [-0.2, -0.15) is 0 Å². The summed E-state index contributed by atoms with van der Waals surface area (Å²) >= 11 is 0. The van der Waals surface area contributed by atoms with Gasteiger partial charge in [-0.1, -0.05) is 24.3 Å². The molecule has 0 aliphatic heterocycles. The number of nitrogens with zero attached hydrogens (tertiary/aromatic N) is 2. The molecule has 1 aromatic heterocycles. The monoisotopic (exact) mass is 194 g/mol. The highest BCUT2D eigenvalue weighted by Gasteiger charge is 2.06. The Kier molecular flexibility index (Phi) is 1.85. The molecule has 1 heterocycles. The molecule has 1 aromatic carbocycles. The predicted octanol–water partition coefficient (Wildman–Crippen LogP) is 2.71. The SMILES string of the molecule is C1=Cc2cc(-c3cnccn3)ccc2C1. The number of allylic oxidation sites excluding steroid dienone is 1. The van der Waals surface area contributed by atoms with Gasteiger partial charge >= 0.3 is 0 Å². The Balaban J connectivity index is 2.11. The van der Waals surface area contributed by atoms with E-state index >= 15 is 0 Å². The third-order valence-electron chi connectivity index (χ3n) is 2.64. The Morgan fingerprint density at radius 2 is 2.13 bits per heavy atom.